The lowest BCUT2D eigenvalue weighted by Gasteiger charge is -2.34. The van der Waals surface area contributed by atoms with Gasteiger partial charge in [0.2, 0.25) is 0 Å². The minimum Gasteiger partial charge on any atom is -0.493 e. The van der Waals surface area contributed by atoms with Gasteiger partial charge in [0.1, 0.15) is 5.75 Å². The maximum atomic E-state index is 11.6. The van der Waals surface area contributed by atoms with Crippen molar-refractivity contribution in [1.29, 1.82) is 0 Å². The molecule has 3 rings (SSSR count). The first-order chi connectivity index (χ1) is 13.8. The van der Waals surface area contributed by atoms with E-state index in [1.807, 2.05) is 24.3 Å². The SMILES string of the molecule is COC(CN1CCCC(COc2ccc(S(C)(=O)=O)cc2)C1)c1cccc(Cl)c1. The fourth-order valence-electron chi connectivity index (χ4n) is 3.71. The van der Waals surface area contributed by atoms with E-state index in [0.717, 1.165) is 43.1 Å². The van der Waals surface area contributed by atoms with Crippen LogP contribution in [-0.2, 0) is 14.6 Å². The second-order valence-corrected chi connectivity index (χ2v) is 10.1. The molecule has 0 bridgehead atoms. The molecule has 2 aromatic rings. The number of benzene rings is 2. The van der Waals surface area contributed by atoms with Crippen LogP contribution in [0.15, 0.2) is 53.4 Å². The number of sulfone groups is 1. The Labute approximate surface area is 178 Å². The van der Waals surface area contributed by atoms with Crippen LogP contribution in [0.4, 0.5) is 0 Å². The maximum Gasteiger partial charge on any atom is 0.175 e. The monoisotopic (exact) mass is 437 g/mol. The van der Waals surface area contributed by atoms with Gasteiger partial charge in [0.25, 0.3) is 0 Å². The van der Waals surface area contributed by atoms with Crippen molar-refractivity contribution in [2.45, 2.75) is 23.8 Å². The van der Waals surface area contributed by atoms with E-state index in [1.54, 1.807) is 31.4 Å². The number of halogens is 1. The van der Waals surface area contributed by atoms with E-state index < -0.39 is 9.84 Å². The van der Waals surface area contributed by atoms with E-state index in [4.69, 9.17) is 21.1 Å². The van der Waals surface area contributed by atoms with Gasteiger partial charge in [-0.25, -0.2) is 8.42 Å². The molecule has 2 unspecified atom stereocenters. The van der Waals surface area contributed by atoms with Crippen LogP contribution in [0.3, 0.4) is 0 Å². The Morgan fingerprint density at radius 2 is 1.97 bits per heavy atom. The lowest BCUT2D eigenvalue weighted by molar-refractivity contribution is 0.0410. The summed E-state index contributed by atoms with van der Waals surface area (Å²) < 4.78 is 34.8. The van der Waals surface area contributed by atoms with Crippen molar-refractivity contribution in [2.75, 3.05) is 39.6 Å². The molecular formula is C22H28ClNO4S. The zero-order chi connectivity index (χ0) is 20.9. The van der Waals surface area contributed by atoms with Gasteiger partial charge in [-0.2, -0.15) is 0 Å². The molecule has 158 valence electrons. The Hall–Kier alpha value is -1.60. The minimum absolute atomic E-state index is 0.0168. The average Bonchev–Trinajstić information content (AvgIpc) is 2.70. The van der Waals surface area contributed by atoms with Crippen LogP contribution >= 0.6 is 11.6 Å². The van der Waals surface area contributed by atoms with E-state index in [0.29, 0.717) is 23.2 Å². The highest BCUT2D eigenvalue weighted by molar-refractivity contribution is 7.90. The summed E-state index contributed by atoms with van der Waals surface area (Å²) in [6, 6.07) is 14.4. The first-order valence-corrected chi connectivity index (χ1v) is 12.1. The number of hydrogen-bond donors (Lipinski definition) is 0. The Kier molecular flexibility index (Phi) is 7.57. The molecule has 0 saturated carbocycles. The van der Waals surface area contributed by atoms with Crippen LogP contribution in [0, 0.1) is 5.92 Å². The molecule has 2 aromatic carbocycles. The van der Waals surface area contributed by atoms with Crippen molar-refractivity contribution in [3.8, 4) is 5.75 Å². The average molecular weight is 438 g/mol. The van der Waals surface area contributed by atoms with E-state index in [9.17, 15) is 8.42 Å². The highest BCUT2D eigenvalue weighted by Gasteiger charge is 2.24. The van der Waals surface area contributed by atoms with Crippen molar-refractivity contribution in [2.24, 2.45) is 5.92 Å². The zero-order valence-corrected chi connectivity index (χ0v) is 18.5. The molecule has 0 aliphatic carbocycles. The number of ether oxygens (including phenoxy) is 2. The first-order valence-electron chi connectivity index (χ1n) is 9.78. The van der Waals surface area contributed by atoms with Crippen molar-refractivity contribution < 1.29 is 17.9 Å². The highest BCUT2D eigenvalue weighted by Crippen LogP contribution is 2.25. The van der Waals surface area contributed by atoms with E-state index in [1.165, 1.54) is 6.26 Å². The van der Waals surface area contributed by atoms with Crippen LogP contribution in [0.1, 0.15) is 24.5 Å². The summed E-state index contributed by atoms with van der Waals surface area (Å²) in [5.41, 5.74) is 1.09. The van der Waals surface area contributed by atoms with Crippen molar-refractivity contribution in [3.05, 3.63) is 59.1 Å². The van der Waals surface area contributed by atoms with Crippen LogP contribution in [0.5, 0.6) is 5.75 Å². The molecule has 1 fully saturated rings. The molecule has 0 N–H and O–H groups in total. The predicted octanol–water partition coefficient (Wildman–Crippen LogP) is 4.22. The fraction of sp³-hybridized carbons (Fsp3) is 0.455. The van der Waals surface area contributed by atoms with Gasteiger partial charge in [-0.15, -0.1) is 0 Å². The number of methoxy groups -OCH3 is 1. The third kappa shape index (κ3) is 6.44. The molecule has 29 heavy (non-hydrogen) atoms. The van der Waals surface area contributed by atoms with Crippen LogP contribution in [0.2, 0.25) is 5.02 Å². The predicted molar refractivity (Wildman–Crippen MR) is 115 cm³/mol. The standard InChI is InChI=1S/C22H28ClNO4S/c1-27-22(18-6-3-7-19(23)13-18)15-24-12-4-5-17(14-24)16-28-20-8-10-21(11-9-20)29(2,25)26/h3,6-11,13,17,22H,4-5,12,14-16H2,1-2H3. The number of likely N-dealkylation sites (tertiary alicyclic amines) is 1. The fourth-order valence-corrected chi connectivity index (χ4v) is 4.54. The zero-order valence-electron chi connectivity index (χ0n) is 16.9. The van der Waals surface area contributed by atoms with Gasteiger partial charge in [0, 0.05) is 37.4 Å². The molecular weight excluding hydrogens is 410 g/mol. The van der Waals surface area contributed by atoms with Gasteiger partial charge in [0.05, 0.1) is 17.6 Å². The third-order valence-corrected chi connectivity index (χ3v) is 6.63. The molecule has 0 aromatic heterocycles. The van der Waals surface area contributed by atoms with E-state index in [2.05, 4.69) is 4.90 Å². The van der Waals surface area contributed by atoms with Gasteiger partial charge in [-0.3, -0.25) is 0 Å². The topological polar surface area (TPSA) is 55.8 Å². The second-order valence-electron chi connectivity index (χ2n) is 7.60. The van der Waals surface area contributed by atoms with Gasteiger partial charge < -0.3 is 14.4 Å². The van der Waals surface area contributed by atoms with Crippen LogP contribution in [-0.4, -0.2) is 52.9 Å². The Balaban J connectivity index is 1.53. The summed E-state index contributed by atoms with van der Waals surface area (Å²) in [6.07, 6.45) is 3.42. The molecule has 1 heterocycles. The van der Waals surface area contributed by atoms with Crippen LogP contribution < -0.4 is 4.74 Å². The highest BCUT2D eigenvalue weighted by atomic mass is 35.5. The van der Waals surface area contributed by atoms with Crippen molar-refractivity contribution >= 4 is 21.4 Å². The summed E-state index contributed by atoms with van der Waals surface area (Å²) in [5.74, 6) is 1.12. The summed E-state index contributed by atoms with van der Waals surface area (Å²) in [7, 11) is -1.45. The van der Waals surface area contributed by atoms with E-state index >= 15 is 0 Å². The Morgan fingerprint density at radius 3 is 2.62 bits per heavy atom. The third-order valence-electron chi connectivity index (χ3n) is 5.27. The van der Waals surface area contributed by atoms with Gasteiger partial charge in [0.15, 0.2) is 9.84 Å². The quantitative estimate of drug-likeness (QED) is 0.618. The summed E-state index contributed by atoms with van der Waals surface area (Å²) in [4.78, 5) is 2.72. The van der Waals surface area contributed by atoms with Gasteiger partial charge in [-0.1, -0.05) is 23.7 Å². The Morgan fingerprint density at radius 1 is 1.21 bits per heavy atom. The molecule has 1 aliphatic rings. The normalized spacial score (nSPS) is 19.1. The largest absolute Gasteiger partial charge is 0.493 e. The summed E-state index contributed by atoms with van der Waals surface area (Å²) in [5, 5.41) is 0.719. The second kappa shape index (κ2) is 9.94. The molecule has 2 atom stereocenters. The summed E-state index contributed by atoms with van der Waals surface area (Å²) >= 11 is 6.13. The molecule has 0 amide bonds. The van der Waals surface area contributed by atoms with Crippen LogP contribution in [0.25, 0.3) is 0 Å². The van der Waals surface area contributed by atoms with Crippen molar-refractivity contribution in [3.63, 3.8) is 0 Å². The molecule has 1 saturated heterocycles. The lowest BCUT2D eigenvalue weighted by Crippen LogP contribution is -2.40. The number of piperidine rings is 1. The summed E-state index contributed by atoms with van der Waals surface area (Å²) in [6.45, 7) is 3.42. The lowest BCUT2D eigenvalue weighted by atomic mass is 9.98. The first kappa shape index (κ1) is 22.1. The smallest absolute Gasteiger partial charge is 0.175 e. The molecule has 5 nitrogen and oxygen atoms in total. The Bertz CT molecular complexity index is 901. The molecule has 7 heteroatoms. The maximum absolute atomic E-state index is 11.6. The molecule has 1 aliphatic heterocycles. The minimum atomic E-state index is -3.18. The molecule has 0 radical (unpaired) electrons. The number of nitrogens with zero attached hydrogens (tertiary/aromatic N) is 1. The number of hydrogen-bond acceptors (Lipinski definition) is 5. The van der Waals surface area contributed by atoms with E-state index in [-0.39, 0.29) is 6.10 Å². The van der Waals surface area contributed by atoms with Crippen molar-refractivity contribution in [1.82, 2.24) is 4.90 Å². The van der Waals surface area contributed by atoms with Gasteiger partial charge in [-0.05, 0) is 61.3 Å². The molecule has 0 spiro atoms. The van der Waals surface area contributed by atoms with Gasteiger partial charge >= 0.3 is 0 Å². The number of rotatable bonds is 8.